The molecule has 0 bridgehead atoms. The minimum atomic E-state index is -4.58. The van der Waals surface area contributed by atoms with Gasteiger partial charge in [0.1, 0.15) is 25.7 Å². The van der Waals surface area contributed by atoms with Gasteiger partial charge in [0.25, 0.3) is 5.84 Å². The number of Topliss-reactive ketones (excluding diaryl/α,β-unsaturated/α-hetero) is 1. The van der Waals surface area contributed by atoms with Crippen LogP contribution in [-0.2, 0) is 14.9 Å². The van der Waals surface area contributed by atoms with E-state index >= 15 is 0 Å². The van der Waals surface area contributed by atoms with Crippen molar-refractivity contribution in [1.29, 1.82) is 0 Å². The second-order valence-corrected chi connectivity index (χ2v) is 9.87. The van der Waals surface area contributed by atoms with Crippen LogP contribution < -0.4 is 29.6 Å². The first kappa shape index (κ1) is 31.9. The monoisotopic (exact) mass is 483 g/mol. The molecule has 180 valence electrons. The number of aliphatic hydroxyl groups is 2. The molecular formula is C22H40N2NaO6S+. The van der Waals surface area contributed by atoms with Crippen LogP contribution in [0.2, 0.25) is 0 Å². The van der Waals surface area contributed by atoms with Gasteiger partial charge in [0.2, 0.25) is 5.78 Å². The maximum absolute atomic E-state index is 12.8. The van der Waals surface area contributed by atoms with Gasteiger partial charge in [0.05, 0.1) is 29.0 Å². The van der Waals surface area contributed by atoms with Gasteiger partial charge in [0.15, 0.2) is 0 Å². The third-order valence-electron chi connectivity index (χ3n) is 5.64. The molecule has 0 aromatic carbocycles. The fourth-order valence-electron chi connectivity index (χ4n) is 4.09. The molecule has 0 amide bonds. The Labute approximate surface area is 215 Å². The average molecular weight is 484 g/mol. The van der Waals surface area contributed by atoms with Crippen molar-refractivity contribution in [3.8, 4) is 0 Å². The third kappa shape index (κ3) is 12.9. The standard InChI is InChI=1S/C22H40N2O6S.Na/c1-2-3-4-5-6-7-8-9-10-11-12-13-21(27)22-23-14-15-24(22,16-17-25)18-20(26)19-31(28,29)30;/h6-7,20,25-26H,2-5,8-19H2,1H3;/q;+1/b7-6+;. The molecule has 0 fully saturated rings. The molecule has 0 saturated heterocycles. The summed E-state index contributed by atoms with van der Waals surface area (Å²) in [7, 11) is -4.58. The molecule has 0 radical (unpaired) electrons. The van der Waals surface area contributed by atoms with Crippen LogP contribution >= 0.6 is 0 Å². The van der Waals surface area contributed by atoms with Crippen molar-refractivity contribution in [1.82, 2.24) is 0 Å². The van der Waals surface area contributed by atoms with E-state index in [0.717, 1.165) is 38.5 Å². The maximum Gasteiger partial charge on any atom is 1.00 e. The second kappa shape index (κ2) is 17.3. The molecule has 1 aliphatic heterocycles. The molecule has 10 heteroatoms. The van der Waals surface area contributed by atoms with Crippen LogP contribution in [0.4, 0.5) is 0 Å². The average Bonchev–Trinajstić information content (AvgIpc) is 3.07. The van der Waals surface area contributed by atoms with E-state index in [1.54, 1.807) is 0 Å². The van der Waals surface area contributed by atoms with Crippen LogP contribution in [-0.4, -0.2) is 83.9 Å². The number of hydrogen-bond donors (Lipinski definition) is 2. The van der Waals surface area contributed by atoms with Crippen LogP contribution in [0.15, 0.2) is 17.1 Å². The first-order valence-corrected chi connectivity index (χ1v) is 13.1. The number of hydrogen-bond acceptors (Lipinski definition) is 7. The number of ketones is 1. The number of nitrogens with zero attached hydrogens (tertiary/aromatic N) is 2. The number of rotatable bonds is 18. The van der Waals surface area contributed by atoms with E-state index in [2.05, 4.69) is 24.1 Å². The number of aliphatic imine (C=N–C) groups is 1. The van der Waals surface area contributed by atoms with E-state index in [1.165, 1.54) is 19.3 Å². The van der Waals surface area contributed by atoms with Gasteiger partial charge in [-0.05, 0) is 32.1 Å². The summed E-state index contributed by atoms with van der Waals surface area (Å²) in [6.07, 6.45) is 13.2. The predicted molar refractivity (Wildman–Crippen MR) is 121 cm³/mol. The molecule has 0 spiro atoms. The van der Waals surface area contributed by atoms with Crippen LogP contribution in [0.5, 0.6) is 0 Å². The zero-order valence-corrected chi connectivity index (χ0v) is 22.7. The summed E-state index contributed by atoms with van der Waals surface area (Å²) in [4.78, 5) is 17.1. The van der Waals surface area contributed by atoms with Gasteiger partial charge in [-0.3, -0.25) is 9.28 Å². The summed E-state index contributed by atoms with van der Waals surface area (Å²) in [5.41, 5.74) is 0. The van der Waals surface area contributed by atoms with E-state index in [0.29, 0.717) is 19.5 Å². The smallest absolute Gasteiger partial charge is 0.748 e. The minimum absolute atomic E-state index is 0. The molecule has 1 rings (SSSR count). The summed E-state index contributed by atoms with van der Waals surface area (Å²) in [6, 6.07) is 0. The molecule has 8 nitrogen and oxygen atoms in total. The van der Waals surface area contributed by atoms with E-state index in [-0.39, 0.29) is 65.4 Å². The zero-order valence-electron chi connectivity index (χ0n) is 19.9. The number of allylic oxidation sites excluding steroid dienone is 2. The van der Waals surface area contributed by atoms with Gasteiger partial charge >= 0.3 is 29.6 Å². The summed E-state index contributed by atoms with van der Waals surface area (Å²) in [5.74, 6) is -0.752. The topological polar surface area (TPSA) is 127 Å². The van der Waals surface area contributed by atoms with E-state index in [4.69, 9.17) is 0 Å². The Hall–Kier alpha value is -0.130. The maximum atomic E-state index is 12.8. The van der Waals surface area contributed by atoms with Crippen molar-refractivity contribution < 1.29 is 62.0 Å². The van der Waals surface area contributed by atoms with Crippen LogP contribution in [0, 0.1) is 0 Å². The van der Waals surface area contributed by atoms with Crippen molar-refractivity contribution in [2.24, 2.45) is 4.99 Å². The Bertz CT molecular complexity index is 699. The van der Waals surface area contributed by atoms with Crippen LogP contribution in [0.3, 0.4) is 0 Å². The molecule has 1 aliphatic rings. The molecule has 0 aromatic heterocycles. The summed E-state index contributed by atoms with van der Waals surface area (Å²) < 4.78 is 32.8. The fourth-order valence-corrected chi connectivity index (χ4v) is 4.66. The molecule has 32 heavy (non-hydrogen) atoms. The van der Waals surface area contributed by atoms with Crippen molar-refractivity contribution in [2.75, 3.05) is 38.5 Å². The first-order valence-electron chi connectivity index (χ1n) is 11.6. The summed E-state index contributed by atoms with van der Waals surface area (Å²) in [6.45, 7) is 2.80. The minimum Gasteiger partial charge on any atom is -0.748 e. The van der Waals surface area contributed by atoms with Crippen molar-refractivity contribution in [3.63, 3.8) is 0 Å². The first-order chi connectivity index (χ1) is 14.7. The fraction of sp³-hybridized carbons (Fsp3) is 0.818. The summed E-state index contributed by atoms with van der Waals surface area (Å²) >= 11 is 0. The van der Waals surface area contributed by atoms with Gasteiger partial charge in [0, 0.05) is 6.42 Å². The van der Waals surface area contributed by atoms with E-state index < -0.39 is 22.0 Å². The Morgan fingerprint density at radius 3 is 2.38 bits per heavy atom. The van der Waals surface area contributed by atoms with Gasteiger partial charge in [-0.25, -0.2) is 13.4 Å². The number of unbranched alkanes of at least 4 members (excludes halogenated alkanes) is 7. The molecule has 0 saturated carbocycles. The van der Waals surface area contributed by atoms with Gasteiger partial charge < -0.3 is 14.8 Å². The summed E-state index contributed by atoms with van der Waals surface area (Å²) in [5, 5.41) is 19.5. The largest absolute Gasteiger partial charge is 1.00 e. The molecule has 2 unspecified atom stereocenters. The quantitative estimate of drug-likeness (QED) is 0.0861. The Balaban J connectivity index is 0.00000961. The van der Waals surface area contributed by atoms with Crippen molar-refractivity contribution in [3.05, 3.63) is 12.2 Å². The molecule has 1 heterocycles. The number of carbonyl (C=O) groups is 1. The molecule has 0 aliphatic carbocycles. The predicted octanol–water partition coefficient (Wildman–Crippen LogP) is -0.836. The van der Waals surface area contributed by atoms with Gasteiger partial charge in [-0.1, -0.05) is 44.8 Å². The van der Waals surface area contributed by atoms with E-state index in [9.17, 15) is 28.0 Å². The zero-order chi connectivity index (χ0) is 23.2. The Morgan fingerprint density at radius 2 is 1.78 bits per heavy atom. The third-order valence-corrected chi connectivity index (χ3v) is 6.43. The number of quaternary nitrogens is 1. The number of carbonyl (C=O) groups excluding carboxylic acids is 1. The Morgan fingerprint density at radius 1 is 1.16 bits per heavy atom. The normalized spacial score (nSPS) is 19.7. The Kier molecular flexibility index (Phi) is 17.3. The van der Waals surface area contributed by atoms with Crippen LogP contribution in [0.25, 0.3) is 0 Å². The van der Waals surface area contributed by atoms with Gasteiger partial charge in [-0.15, -0.1) is 0 Å². The van der Waals surface area contributed by atoms with Gasteiger partial charge in [-0.2, -0.15) is 0 Å². The van der Waals surface area contributed by atoms with Crippen LogP contribution in [0.1, 0.15) is 71.1 Å². The number of aliphatic hydroxyl groups excluding tert-OH is 2. The van der Waals surface area contributed by atoms with Crippen molar-refractivity contribution in [2.45, 2.75) is 77.2 Å². The number of amidine groups is 1. The van der Waals surface area contributed by atoms with E-state index in [1.807, 2.05) is 0 Å². The van der Waals surface area contributed by atoms with Crippen molar-refractivity contribution >= 4 is 21.7 Å². The molecule has 2 atom stereocenters. The SMILES string of the molecule is CCCCC/C=C/CCCCCCC(=O)C1=NCC[N+]1(CCO)CC(O)CS(=O)(=O)[O-].[Na+]. The second-order valence-electron chi connectivity index (χ2n) is 8.43. The molecule has 0 aromatic rings. The molecule has 2 N–H and O–H groups in total. The molecular weight excluding hydrogens is 443 g/mol.